The maximum absolute atomic E-state index is 12.9. The third-order valence-electron chi connectivity index (χ3n) is 2.98. The number of rotatable bonds is 7. The van der Waals surface area contributed by atoms with Crippen molar-refractivity contribution in [1.82, 2.24) is 9.97 Å². The fourth-order valence-electron chi connectivity index (χ4n) is 1.92. The number of nitrogens with zero attached hydrogens (tertiary/aromatic N) is 2. The van der Waals surface area contributed by atoms with Gasteiger partial charge in [0.05, 0.1) is 0 Å². The molecular weight excluding hydrogens is 311 g/mol. The maximum atomic E-state index is 12.9. The summed E-state index contributed by atoms with van der Waals surface area (Å²) in [6.07, 6.45) is 3.22. The largest absolute Gasteiger partial charge is 0.490 e. The third-order valence-corrected chi connectivity index (χ3v) is 2.98. The standard InChI is InChI=1S/C18H15FN2O3/c19-14-5-7-15(8-6-14)24-17-4-1-3-16(13-17)22-11-12-23-18-20-9-2-10-21-18/h1-10,13H,11-12H2. The zero-order valence-corrected chi connectivity index (χ0v) is 12.8. The number of hydrogen-bond acceptors (Lipinski definition) is 5. The molecule has 24 heavy (non-hydrogen) atoms. The van der Waals surface area contributed by atoms with E-state index in [9.17, 15) is 4.39 Å². The Kier molecular flexibility index (Phi) is 5.19. The monoisotopic (exact) mass is 326 g/mol. The Bertz CT molecular complexity index is 767. The van der Waals surface area contributed by atoms with Crippen molar-refractivity contribution in [3.63, 3.8) is 0 Å². The molecule has 2 aromatic carbocycles. The van der Waals surface area contributed by atoms with Gasteiger partial charge in [-0.15, -0.1) is 0 Å². The average Bonchev–Trinajstić information content (AvgIpc) is 2.62. The lowest BCUT2D eigenvalue weighted by atomic mass is 10.3. The van der Waals surface area contributed by atoms with Gasteiger partial charge in [-0.05, 0) is 42.5 Å². The molecule has 0 aliphatic heterocycles. The molecule has 5 nitrogen and oxygen atoms in total. The molecule has 0 amide bonds. The first-order valence-electron chi connectivity index (χ1n) is 7.36. The zero-order valence-electron chi connectivity index (χ0n) is 12.8. The van der Waals surface area contributed by atoms with Crippen LogP contribution in [-0.4, -0.2) is 23.2 Å². The van der Waals surface area contributed by atoms with E-state index < -0.39 is 0 Å². The lowest BCUT2D eigenvalue weighted by molar-refractivity contribution is 0.205. The summed E-state index contributed by atoms with van der Waals surface area (Å²) in [4.78, 5) is 7.91. The van der Waals surface area contributed by atoms with Gasteiger partial charge in [0.15, 0.2) is 0 Å². The SMILES string of the molecule is Fc1ccc(Oc2cccc(OCCOc3ncccn3)c2)cc1. The van der Waals surface area contributed by atoms with E-state index in [2.05, 4.69) is 9.97 Å². The number of aromatic nitrogens is 2. The minimum absolute atomic E-state index is 0.304. The summed E-state index contributed by atoms with van der Waals surface area (Å²) in [7, 11) is 0. The van der Waals surface area contributed by atoms with Crippen molar-refractivity contribution >= 4 is 0 Å². The molecule has 1 heterocycles. The van der Waals surface area contributed by atoms with Crippen molar-refractivity contribution in [2.24, 2.45) is 0 Å². The van der Waals surface area contributed by atoms with E-state index in [1.807, 2.05) is 12.1 Å². The summed E-state index contributed by atoms with van der Waals surface area (Å²) in [5.74, 6) is 1.50. The van der Waals surface area contributed by atoms with Crippen molar-refractivity contribution in [3.8, 4) is 23.3 Å². The number of benzene rings is 2. The van der Waals surface area contributed by atoms with Crippen molar-refractivity contribution < 1.29 is 18.6 Å². The van der Waals surface area contributed by atoms with Crippen LogP contribution < -0.4 is 14.2 Å². The Balaban J connectivity index is 1.50. The number of hydrogen-bond donors (Lipinski definition) is 0. The van der Waals surface area contributed by atoms with Crippen LogP contribution in [0.3, 0.4) is 0 Å². The molecule has 0 N–H and O–H groups in total. The Morgan fingerprint density at radius 1 is 0.750 bits per heavy atom. The second kappa shape index (κ2) is 7.92. The van der Waals surface area contributed by atoms with Crippen LogP contribution in [0.1, 0.15) is 0 Å². The molecule has 0 bridgehead atoms. The predicted octanol–water partition coefficient (Wildman–Crippen LogP) is 3.87. The number of halogens is 1. The maximum Gasteiger partial charge on any atom is 0.316 e. The van der Waals surface area contributed by atoms with Gasteiger partial charge in [0.2, 0.25) is 0 Å². The molecule has 3 rings (SSSR count). The highest BCUT2D eigenvalue weighted by Crippen LogP contribution is 2.25. The van der Waals surface area contributed by atoms with Crippen LogP contribution in [0.2, 0.25) is 0 Å². The van der Waals surface area contributed by atoms with Gasteiger partial charge < -0.3 is 14.2 Å². The summed E-state index contributed by atoms with van der Waals surface area (Å²) in [6, 6.07) is 15.0. The van der Waals surface area contributed by atoms with Crippen LogP contribution in [0.25, 0.3) is 0 Å². The van der Waals surface area contributed by atoms with Gasteiger partial charge in [0.1, 0.15) is 36.3 Å². The minimum Gasteiger partial charge on any atom is -0.490 e. The van der Waals surface area contributed by atoms with Crippen LogP contribution in [0, 0.1) is 5.82 Å². The fourth-order valence-corrected chi connectivity index (χ4v) is 1.92. The van der Waals surface area contributed by atoms with Crippen LogP contribution in [0.4, 0.5) is 4.39 Å². The molecule has 0 fully saturated rings. The molecule has 0 spiro atoms. The lowest BCUT2D eigenvalue weighted by Crippen LogP contribution is -2.10. The molecule has 0 saturated heterocycles. The summed E-state index contributed by atoms with van der Waals surface area (Å²) < 4.78 is 29.5. The van der Waals surface area contributed by atoms with Gasteiger partial charge in [-0.25, -0.2) is 14.4 Å². The summed E-state index contributed by atoms with van der Waals surface area (Å²) in [5, 5.41) is 0. The molecule has 122 valence electrons. The zero-order chi connectivity index (χ0) is 16.6. The molecule has 0 atom stereocenters. The summed E-state index contributed by atoms with van der Waals surface area (Å²) in [5.41, 5.74) is 0. The third kappa shape index (κ3) is 4.67. The van der Waals surface area contributed by atoms with Crippen molar-refractivity contribution in [1.29, 1.82) is 0 Å². The highest BCUT2D eigenvalue weighted by atomic mass is 19.1. The van der Waals surface area contributed by atoms with Gasteiger partial charge in [-0.3, -0.25) is 0 Å². The van der Waals surface area contributed by atoms with E-state index >= 15 is 0 Å². The van der Waals surface area contributed by atoms with Crippen LogP contribution in [0.5, 0.6) is 23.3 Å². The summed E-state index contributed by atoms with van der Waals surface area (Å²) >= 11 is 0. The molecule has 1 aromatic heterocycles. The van der Waals surface area contributed by atoms with Crippen molar-refractivity contribution in [2.75, 3.05) is 13.2 Å². The van der Waals surface area contributed by atoms with Crippen LogP contribution >= 0.6 is 0 Å². The van der Waals surface area contributed by atoms with Crippen molar-refractivity contribution in [2.45, 2.75) is 0 Å². The fraction of sp³-hybridized carbons (Fsp3) is 0.111. The van der Waals surface area contributed by atoms with E-state index in [4.69, 9.17) is 14.2 Å². The molecule has 3 aromatic rings. The van der Waals surface area contributed by atoms with E-state index in [1.54, 1.807) is 42.7 Å². The molecule has 0 unspecified atom stereocenters. The molecule has 6 heteroatoms. The van der Waals surface area contributed by atoms with E-state index in [0.717, 1.165) is 0 Å². The first-order valence-corrected chi connectivity index (χ1v) is 7.36. The molecule has 0 radical (unpaired) electrons. The average molecular weight is 326 g/mol. The Morgan fingerprint density at radius 3 is 2.25 bits per heavy atom. The van der Waals surface area contributed by atoms with Gasteiger partial charge in [0, 0.05) is 18.5 Å². The topological polar surface area (TPSA) is 53.5 Å². The lowest BCUT2D eigenvalue weighted by Gasteiger charge is -2.09. The van der Waals surface area contributed by atoms with Gasteiger partial charge >= 0.3 is 6.01 Å². The normalized spacial score (nSPS) is 10.2. The Labute approximate surface area is 138 Å². The van der Waals surface area contributed by atoms with Crippen LogP contribution in [-0.2, 0) is 0 Å². The second-order valence-corrected chi connectivity index (χ2v) is 4.76. The molecule has 0 saturated carbocycles. The quantitative estimate of drug-likeness (QED) is 0.617. The Hall–Kier alpha value is -3.15. The van der Waals surface area contributed by atoms with E-state index in [0.29, 0.717) is 36.5 Å². The highest BCUT2D eigenvalue weighted by molar-refractivity contribution is 5.36. The van der Waals surface area contributed by atoms with Gasteiger partial charge in [0.25, 0.3) is 0 Å². The molecular formula is C18H15FN2O3. The first kappa shape index (κ1) is 15.7. The van der Waals surface area contributed by atoms with Crippen molar-refractivity contribution in [3.05, 3.63) is 72.8 Å². The smallest absolute Gasteiger partial charge is 0.316 e. The van der Waals surface area contributed by atoms with E-state index in [-0.39, 0.29) is 5.82 Å². The number of ether oxygens (including phenoxy) is 3. The Morgan fingerprint density at radius 2 is 1.46 bits per heavy atom. The van der Waals surface area contributed by atoms with Crippen LogP contribution in [0.15, 0.2) is 67.0 Å². The van der Waals surface area contributed by atoms with Gasteiger partial charge in [-0.2, -0.15) is 0 Å². The summed E-state index contributed by atoms with van der Waals surface area (Å²) in [6.45, 7) is 0.672. The molecule has 0 aliphatic rings. The van der Waals surface area contributed by atoms with Gasteiger partial charge in [-0.1, -0.05) is 6.07 Å². The first-order chi connectivity index (χ1) is 11.8. The van der Waals surface area contributed by atoms with E-state index in [1.165, 1.54) is 12.1 Å². The minimum atomic E-state index is -0.304. The predicted molar refractivity (Wildman–Crippen MR) is 85.9 cm³/mol. The highest BCUT2D eigenvalue weighted by Gasteiger charge is 2.01. The second-order valence-electron chi connectivity index (χ2n) is 4.76. The molecule has 0 aliphatic carbocycles.